The van der Waals surface area contributed by atoms with Crippen molar-refractivity contribution in [3.05, 3.63) is 94.4 Å². The van der Waals surface area contributed by atoms with Crippen molar-refractivity contribution >= 4 is 52.2 Å². The minimum Gasteiger partial charge on any atom is -0.483 e. The van der Waals surface area contributed by atoms with Crippen LogP contribution in [0, 0.1) is 6.92 Å². The molecule has 0 radical (unpaired) electrons. The number of hydrogen-bond acceptors (Lipinski definition) is 7. The van der Waals surface area contributed by atoms with Gasteiger partial charge in [-0.05, 0) is 68.1 Å². The van der Waals surface area contributed by atoms with Gasteiger partial charge in [0.1, 0.15) is 5.75 Å². The lowest BCUT2D eigenvalue weighted by molar-refractivity contribution is -0.121. The molecule has 0 saturated carbocycles. The number of amidine groups is 1. The molecule has 0 bridgehead atoms. The highest BCUT2D eigenvalue weighted by Crippen LogP contribution is 2.34. The van der Waals surface area contributed by atoms with Crippen LogP contribution in [0.5, 0.6) is 5.75 Å². The standard InChI is InChI=1S/C29H27N3O5S/c1-4-36-28(35)21-9-7-10-23(16-21)31-29-32(3)27(34)25(38-29)17-20-8-5-6-11-24(20)37-18-26(33)30-22-14-12-19(2)13-15-22/h5-17H,4,18H2,1-3H3,(H,30,33). The van der Waals surface area contributed by atoms with Gasteiger partial charge in [0.2, 0.25) is 0 Å². The number of para-hydroxylation sites is 1. The van der Waals surface area contributed by atoms with Gasteiger partial charge in [-0.3, -0.25) is 14.5 Å². The first kappa shape index (κ1) is 26.7. The lowest BCUT2D eigenvalue weighted by Gasteiger charge is -2.10. The van der Waals surface area contributed by atoms with Crippen molar-refractivity contribution in [1.82, 2.24) is 4.90 Å². The molecule has 3 aromatic rings. The molecule has 1 saturated heterocycles. The molecule has 4 rings (SSSR count). The summed E-state index contributed by atoms with van der Waals surface area (Å²) in [6, 6.07) is 21.4. The maximum absolute atomic E-state index is 13.0. The van der Waals surface area contributed by atoms with Gasteiger partial charge in [0.05, 0.1) is 22.8 Å². The van der Waals surface area contributed by atoms with Gasteiger partial charge >= 0.3 is 5.97 Å². The Kier molecular flexibility index (Phi) is 8.60. The number of nitrogens with one attached hydrogen (secondary N) is 1. The third-order valence-electron chi connectivity index (χ3n) is 5.49. The predicted octanol–water partition coefficient (Wildman–Crippen LogP) is 5.42. The number of rotatable bonds is 8. The first-order valence-electron chi connectivity index (χ1n) is 12.0. The molecule has 1 fully saturated rings. The molecule has 1 heterocycles. The summed E-state index contributed by atoms with van der Waals surface area (Å²) in [5.41, 5.74) is 3.37. The van der Waals surface area contributed by atoms with Crippen molar-refractivity contribution < 1.29 is 23.9 Å². The lowest BCUT2D eigenvalue weighted by atomic mass is 10.2. The quantitative estimate of drug-likeness (QED) is 0.309. The molecule has 0 atom stereocenters. The van der Waals surface area contributed by atoms with E-state index < -0.39 is 5.97 Å². The molecule has 0 aromatic heterocycles. The smallest absolute Gasteiger partial charge is 0.338 e. The number of ether oxygens (including phenoxy) is 2. The largest absolute Gasteiger partial charge is 0.483 e. The molecule has 0 aliphatic carbocycles. The van der Waals surface area contributed by atoms with Crippen molar-refractivity contribution in [2.75, 3.05) is 25.6 Å². The second-order valence-corrected chi connectivity index (χ2v) is 9.39. The van der Waals surface area contributed by atoms with Gasteiger partial charge in [-0.15, -0.1) is 0 Å². The second-order valence-electron chi connectivity index (χ2n) is 8.38. The highest BCUT2D eigenvalue weighted by Gasteiger charge is 2.30. The summed E-state index contributed by atoms with van der Waals surface area (Å²) in [4.78, 5) is 43.8. The molecule has 38 heavy (non-hydrogen) atoms. The number of carbonyl (C=O) groups excluding carboxylic acids is 3. The first-order chi connectivity index (χ1) is 18.3. The molecule has 2 amide bonds. The van der Waals surface area contributed by atoms with E-state index in [1.54, 1.807) is 56.4 Å². The molecule has 0 spiro atoms. The monoisotopic (exact) mass is 529 g/mol. The Labute approximate surface area is 225 Å². The van der Waals surface area contributed by atoms with Crippen LogP contribution in [-0.4, -0.2) is 48.1 Å². The Morgan fingerprint density at radius 1 is 1.05 bits per heavy atom. The number of anilines is 1. The van der Waals surface area contributed by atoms with E-state index in [-0.39, 0.29) is 25.0 Å². The normalized spacial score (nSPS) is 15.1. The average Bonchev–Trinajstić information content (AvgIpc) is 3.17. The van der Waals surface area contributed by atoms with E-state index in [2.05, 4.69) is 10.3 Å². The van der Waals surface area contributed by atoms with E-state index in [1.807, 2.05) is 43.3 Å². The van der Waals surface area contributed by atoms with Crippen molar-refractivity contribution in [2.24, 2.45) is 4.99 Å². The van der Waals surface area contributed by atoms with Crippen LogP contribution >= 0.6 is 11.8 Å². The zero-order valence-electron chi connectivity index (χ0n) is 21.3. The minimum absolute atomic E-state index is 0.182. The predicted molar refractivity (Wildman–Crippen MR) is 150 cm³/mol. The Hall–Kier alpha value is -4.37. The number of hydrogen-bond donors (Lipinski definition) is 1. The molecule has 0 unspecified atom stereocenters. The van der Waals surface area contributed by atoms with E-state index in [0.29, 0.717) is 38.3 Å². The van der Waals surface area contributed by atoms with E-state index in [0.717, 1.165) is 5.56 Å². The van der Waals surface area contributed by atoms with Crippen LogP contribution in [0.25, 0.3) is 6.08 Å². The van der Waals surface area contributed by atoms with Crippen LogP contribution in [0.3, 0.4) is 0 Å². The summed E-state index contributed by atoms with van der Waals surface area (Å²) >= 11 is 1.21. The number of benzene rings is 3. The fourth-order valence-corrected chi connectivity index (χ4v) is 4.51. The Bertz CT molecular complexity index is 1420. The minimum atomic E-state index is -0.428. The summed E-state index contributed by atoms with van der Waals surface area (Å²) in [5.74, 6) is -0.463. The van der Waals surface area contributed by atoms with Gasteiger partial charge in [-0.25, -0.2) is 9.79 Å². The third kappa shape index (κ3) is 6.68. The highest BCUT2D eigenvalue weighted by atomic mass is 32.2. The Morgan fingerprint density at radius 2 is 1.82 bits per heavy atom. The summed E-state index contributed by atoms with van der Waals surface area (Å²) < 4.78 is 10.8. The molecule has 1 N–H and O–H groups in total. The maximum atomic E-state index is 13.0. The lowest BCUT2D eigenvalue weighted by Crippen LogP contribution is -2.23. The van der Waals surface area contributed by atoms with Crippen LogP contribution in [-0.2, 0) is 14.3 Å². The zero-order chi connectivity index (χ0) is 27.1. The van der Waals surface area contributed by atoms with Gasteiger partial charge in [-0.1, -0.05) is 42.0 Å². The molecular weight excluding hydrogens is 502 g/mol. The molecule has 194 valence electrons. The van der Waals surface area contributed by atoms with Crippen LogP contribution in [0.2, 0.25) is 0 Å². The van der Waals surface area contributed by atoms with Crippen LogP contribution in [0.4, 0.5) is 11.4 Å². The molecule has 8 nitrogen and oxygen atoms in total. The number of nitrogens with zero attached hydrogens (tertiary/aromatic N) is 2. The number of amides is 2. The summed E-state index contributed by atoms with van der Waals surface area (Å²) in [5, 5.41) is 3.27. The number of aliphatic imine (C=N–C) groups is 1. The van der Waals surface area contributed by atoms with E-state index >= 15 is 0 Å². The SMILES string of the molecule is CCOC(=O)c1cccc(N=C2SC(=Cc3ccccc3OCC(=O)Nc3ccc(C)cc3)C(=O)N2C)c1. The summed E-state index contributed by atoms with van der Waals surface area (Å²) in [6.45, 7) is 3.82. The van der Waals surface area contributed by atoms with Crippen LogP contribution in [0.1, 0.15) is 28.4 Å². The maximum Gasteiger partial charge on any atom is 0.338 e. The van der Waals surface area contributed by atoms with Gasteiger partial charge in [-0.2, -0.15) is 0 Å². The van der Waals surface area contributed by atoms with Crippen LogP contribution < -0.4 is 10.1 Å². The number of likely N-dealkylation sites (N-methyl/N-ethyl adjacent to an activating group) is 1. The number of carbonyl (C=O) groups is 3. The van der Waals surface area contributed by atoms with Crippen molar-refractivity contribution in [2.45, 2.75) is 13.8 Å². The first-order valence-corrected chi connectivity index (χ1v) is 12.8. The zero-order valence-corrected chi connectivity index (χ0v) is 22.1. The van der Waals surface area contributed by atoms with Gasteiger partial charge in [0.25, 0.3) is 11.8 Å². The van der Waals surface area contributed by atoms with E-state index in [1.165, 1.54) is 16.7 Å². The molecular formula is C29H27N3O5S. The fraction of sp³-hybridized carbons (Fsp3) is 0.172. The molecule has 3 aromatic carbocycles. The highest BCUT2D eigenvalue weighted by molar-refractivity contribution is 8.18. The summed E-state index contributed by atoms with van der Waals surface area (Å²) in [6.07, 6.45) is 1.72. The van der Waals surface area contributed by atoms with E-state index in [9.17, 15) is 14.4 Å². The van der Waals surface area contributed by atoms with Crippen LogP contribution in [0.15, 0.2) is 82.7 Å². The van der Waals surface area contributed by atoms with Crippen molar-refractivity contribution in [3.8, 4) is 5.75 Å². The topological polar surface area (TPSA) is 97.3 Å². The number of aryl methyl sites for hydroxylation is 1. The Balaban J connectivity index is 1.47. The molecule has 9 heteroatoms. The second kappa shape index (κ2) is 12.2. The Morgan fingerprint density at radius 3 is 2.58 bits per heavy atom. The third-order valence-corrected chi connectivity index (χ3v) is 6.55. The number of esters is 1. The fourth-order valence-electron chi connectivity index (χ4n) is 3.53. The average molecular weight is 530 g/mol. The van der Waals surface area contributed by atoms with Gasteiger partial charge < -0.3 is 14.8 Å². The van der Waals surface area contributed by atoms with Gasteiger partial charge in [0, 0.05) is 18.3 Å². The molecule has 1 aliphatic heterocycles. The summed E-state index contributed by atoms with van der Waals surface area (Å²) in [7, 11) is 1.64. The van der Waals surface area contributed by atoms with Gasteiger partial charge in [0.15, 0.2) is 11.8 Å². The van der Waals surface area contributed by atoms with Crippen molar-refractivity contribution in [1.29, 1.82) is 0 Å². The van der Waals surface area contributed by atoms with Crippen molar-refractivity contribution in [3.63, 3.8) is 0 Å². The van der Waals surface area contributed by atoms with E-state index in [4.69, 9.17) is 9.47 Å². The molecule has 1 aliphatic rings. The number of thioether (sulfide) groups is 1.